The van der Waals surface area contributed by atoms with Crippen molar-refractivity contribution in [3.05, 3.63) is 35.4 Å². The lowest BCUT2D eigenvalue weighted by Crippen LogP contribution is -2.36. The maximum atomic E-state index is 12.8. The number of aliphatic carboxylic acids is 1. The Morgan fingerprint density at radius 2 is 2.12 bits per heavy atom. The number of halogens is 2. The van der Waals surface area contributed by atoms with Gasteiger partial charge in [-0.2, -0.15) is 0 Å². The van der Waals surface area contributed by atoms with Gasteiger partial charge in [0.1, 0.15) is 6.04 Å². The monoisotopic (exact) mass is 243 g/mol. The molecule has 6 heteroatoms. The summed E-state index contributed by atoms with van der Waals surface area (Å²) < 4.78 is 25.5. The van der Waals surface area contributed by atoms with E-state index in [2.05, 4.69) is 5.32 Å². The Morgan fingerprint density at radius 3 is 2.65 bits per heavy atom. The van der Waals surface area contributed by atoms with Crippen molar-refractivity contribution < 1.29 is 23.5 Å². The second-order valence-electron chi connectivity index (χ2n) is 3.46. The highest BCUT2D eigenvalue weighted by atomic mass is 19.2. The van der Waals surface area contributed by atoms with E-state index in [9.17, 15) is 18.4 Å². The van der Waals surface area contributed by atoms with Crippen LogP contribution in [0.5, 0.6) is 0 Å². The van der Waals surface area contributed by atoms with Crippen LogP contribution in [0.2, 0.25) is 0 Å². The molecule has 0 heterocycles. The number of nitrogens with one attached hydrogen (secondary N) is 1. The topological polar surface area (TPSA) is 66.4 Å². The van der Waals surface area contributed by atoms with Crippen LogP contribution >= 0.6 is 0 Å². The van der Waals surface area contributed by atoms with Gasteiger partial charge < -0.3 is 10.4 Å². The minimum absolute atomic E-state index is 0.110. The van der Waals surface area contributed by atoms with Crippen molar-refractivity contribution in [1.82, 2.24) is 5.32 Å². The second kappa shape index (κ2) is 5.93. The largest absolute Gasteiger partial charge is 0.480 e. The molecule has 0 saturated heterocycles. The number of aryl methyl sites for hydroxylation is 1. The quantitative estimate of drug-likeness (QED) is 0.735. The molecule has 0 aliphatic heterocycles. The molecule has 92 valence electrons. The molecule has 0 fully saturated rings. The Hall–Kier alpha value is -1.98. The summed E-state index contributed by atoms with van der Waals surface area (Å²) in [6.07, 6.45) is 0.637. The van der Waals surface area contributed by atoms with E-state index in [1.54, 1.807) is 0 Å². The molecule has 0 radical (unpaired) electrons. The Morgan fingerprint density at radius 1 is 1.41 bits per heavy atom. The summed E-state index contributed by atoms with van der Waals surface area (Å²) in [5, 5.41) is 10.9. The number of rotatable bonds is 6. The first-order chi connectivity index (χ1) is 8.04. The summed E-state index contributed by atoms with van der Waals surface area (Å²) in [4.78, 5) is 20.8. The summed E-state index contributed by atoms with van der Waals surface area (Å²) in [5.41, 5.74) is 0.475. The third kappa shape index (κ3) is 3.82. The van der Waals surface area contributed by atoms with Crippen molar-refractivity contribution >= 4 is 12.4 Å². The number of carbonyl (C=O) groups is 2. The summed E-state index contributed by atoms with van der Waals surface area (Å²) in [6, 6.07) is 2.33. The smallest absolute Gasteiger partial charge is 0.326 e. The molecule has 1 rings (SSSR count). The Kier molecular flexibility index (Phi) is 4.56. The van der Waals surface area contributed by atoms with Gasteiger partial charge >= 0.3 is 5.97 Å². The van der Waals surface area contributed by atoms with Gasteiger partial charge in [0.15, 0.2) is 11.6 Å². The normalized spacial score (nSPS) is 11.9. The number of benzene rings is 1. The van der Waals surface area contributed by atoms with Crippen LogP contribution in [0, 0.1) is 11.6 Å². The SMILES string of the molecule is O=CNC(CCc1ccc(F)c(F)c1)C(=O)O. The number of carbonyl (C=O) groups excluding carboxylic acids is 1. The molecule has 1 aromatic rings. The number of hydrogen-bond donors (Lipinski definition) is 2. The van der Waals surface area contributed by atoms with Crippen LogP contribution in [-0.4, -0.2) is 23.5 Å². The first-order valence-corrected chi connectivity index (χ1v) is 4.91. The van der Waals surface area contributed by atoms with E-state index in [1.807, 2.05) is 0 Å². The van der Waals surface area contributed by atoms with Crippen LogP contribution in [0.1, 0.15) is 12.0 Å². The van der Waals surface area contributed by atoms with Gasteiger partial charge in [-0.3, -0.25) is 4.79 Å². The summed E-state index contributed by atoms with van der Waals surface area (Å²) >= 11 is 0. The molecule has 0 aliphatic rings. The zero-order valence-corrected chi connectivity index (χ0v) is 8.82. The Labute approximate surface area is 96.3 Å². The van der Waals surface area contributed by atoms with Crippen molar-refractivity contribution in [3.63, 3.8) is 0 Å². The fraction of sp³-hybridized carbons (Fsp3) is 0.273. The van der Waals surface area contributed by atoms with Gasteiger partial charge in [-0.15, -0.1) is 0 Å². The molecule has 1 aromatic carbocycles. The molecule has 0 aliphatic carbocycles. The predicted octanol–water partition coefficient (Wildman–Crippen LogP) is 1.10. The lowest BCUT2D eigenvalue weighted by atomic mass is 10.1. The van der Waals surface area contributed by atoms with E-state index in [0.29, 0.717) is 12.0 Å². The Bertz CT molecular complexity index is 423. The fourth-order valence-corrected chi connectivity index (χ4v) is 1.37. The van der Waals surface area contributed by atoms with Crippen molar-refractivity contribution in [3.8, 4) is 0 Å². The molecule has 1 atom stereocenters. The highest BCUT2D eigenvalue weighted by molar-refractivity contribution is 5.76. The standard InChI is InChI=1S/C11H11F2NO3/c12-8-3-1-7(5-9(8)13)2-4-10(11(16)17)14-6-15/h1,3,5-6,10H,2,4H2,(H,14,15)(H,16,17). The van der Waals surface area contributed by atoms with Gasteiger partial charge in [0, 0.05) is 0 Å². The minimum Gasteiger partial charge on any atom is -0.480 e. The molecule has 1 unspecified atom stereocenters. The number of hydrogen-bond acceptors (Lipinski definition) is 2. The van der Waals surface area contributed by atoms with Gasteiger partial charge in [-0.05, 0) is 30.5 Å². The zero-order valence-electron chi connectivity index (χ0n) is 8.82. The van der Waals surface area contributed by atoms with Gasteiger partial charge in [0.25, 0.3) is 0 Å². The summed E-state index contributed by atoms with van der Waals surface area (Å²) in [5.74, 6) is -3.09. The third-order valence-corrected chi connectivity index (χ3v) is 2.27. The van der Waals surface area contributed by atoms with Gasteiger partial charge in [-0.1, -0.05) is 6.07 Å². The van der Waals surface area contributed by atoms with Gasteiger partial charge in [-0.25, -0.2) is 13.6 Å². The first kappa shape index (κ1) is 13.1. The van der Waals surface area contributed by atoms with Crippen LogP contribution in [0.3, 0.4) is 0 Å². The van der Waals surface area contributed by atoms with Gasteiger partial charge in [0.05, 0.1) is 0 Å². The zero-order chi connectivity index (χ0) is 12.8. The van der Waals surface area contributed by atoms with Crippen LogP contribution in [0.15, 0.2) is 18.2 Å². The van der Waals surface area contributed by atoms with Crippen LogP contribution in [0.25, 0.3) is 0 Å². The van der Waals surface area contributed by atoms with E-state index < -0.39 is 23.6 Å². The van der Waals surface area contributed by atoms with Crippen LogP contribution in [-0.2, 0) is 16.0 Å². The predicted molar refractivity (Wildman–Crippen MR) is 55.3 cm³/mol. The van der Waals surface area contributed by atoms with E-state index in [1.165, 1.54) is 6.07 Å². The number of carboxylic acids is 1. The molecule has 0 saturated carbocycles. The molecule has 0 aromatic heterocycles. The summed E-state index contributed by atoms with van der Waals surface area (Å²) in [7, 11) is 0. The highest BCUT2D eigenvalue weighted by Gasteiger charge is 2.16. The molecular formula is C11H11F2NO3. The minimum atomic E-state index is -1.17. The Balaban J connectivity index is 2.62. The lowest BCUT2D eigenvalue weighted by Gasteiger charge is -2.10. The van der Waals surface area contributed by atoms with E-state index in [-0.39, 0.29) is 12.8 Å². The maximum Gasteiger partial charge on any atom is 0.326 e. The van der Waals surface area contributed by atoms with E-state index in [0.717, 1.165) is 12.1 Å². The van der Waals surface area contributed by atoms with Crippen molar-refractivity contribution in [2.45, 2.75) is 18.9 Å². The van der Waals surface area contributed by atoms with Crippen molar-refractivity contribution in [1.29, 1.82) is 0 Å². The molecule has 2 N–H and O–H groups in total. The maximum absolute atomic E-state index is 12.8. The third-order valence-electron chi connectivity index (χ3n) is 2.27. The molecule has 0 bridgehead atoms. The number of amides is 1. The highest BCUT2D eigenvalue weighted by Crippen LogP contribution is 2.11. The molecule has 1 amide bonds. The molecule has 4 nitrogen and oxygen atoms in total. The number of carboxylic acid groups (broad SMARTS) is 1. The van der Waals surface area contributed by atoms with Crippen LogP contribution < -0.4 is 5.32 Å². The van der Waals surface area contributed by atoms with Gasteiger partial charge in [0.2, 0.25) is 6.41 Å². The summed E-state index contributed by atoms with van der Waals surface area (Å²) in [6.45, 7) is 0. The average Bonchev–Trinajstić information content (AvgIpc) is 2.28. The molecule has 0 spiro atoms. The molecular weight excluding hydrogens is 232 g/mol. The lowest BCUT2D eigenvalue weighted by molar-refractivity contribution is -0.140. The second-order valence-corrected chi connectivity index (χ2v) is 3.46. The van der Waals surface area contributed by atoms with Crippen molar-refractivity contribution in [2.75, 3.05) is 0 Å². The van der Waals surface area contributed by atoms with Crippen LogP contribution in [0.4, 0.5) is 8.78 Å². The van der Waals surface area contributed by atoms with Crippen molar-refractivity contribution in [2.24, 2.45) is 0 Å². The average molecular weight is 243 g/mol. The van der Waals surface area contributed by atoms with E-state index >= 15 is 0 Å². The first-order valence-electron chi connectivity index (χ1n) is 4.91. The fourth-order valence-electron chi connectivity index (χ4n) is 1.37. The van der Waals surface area contributed by atoms with E-state index in [4.69, 9.17) is 5.11 Å². The molecule has 17 heavy (non-hydrogen) atoms.